The summed E-state index contributed by atoms with van der Waals surface area (Å²) < 4.78 is 0. The smallest absolute Gasteiger partial charge is 0.303 e. The summed E-state index contributed by atoms with van der Waals surface area (Å²) >= 11 is 0. The first-order chi connectivity index (χ1) is 8.59. The van der Waals surface area contributed by atoms with Crippen LogP contribution in [0, 0.1) is 0 Å². The van der Waals surface area contributed by atoms with Gasteiger partial charge < -0.3 is 15.4 Å². The Hall–Kier alpha value is -2.18. The van der Waals surface area contributed by atoms with E-state index < -0.39 is 5.97 Å². The molecule has 0 bridgehead atoms. The summed E-state index contributed by atoms with van der Waals surface area (Å²) in [7, 11) is 0. The van der Waals surface area contributed by atoms with Gasteiger partial charge >= 0.3 is 5.97 Å². The molecule has 0 aliphatic heterocycles. The SMILES string of the molecule is O=C(O)CCCCCNC(=O)c1c[nH]c(=O)cn1. The molecule has 7 heteroatoms. The van der Waals surface area contributed by atoms with Crippen LogP contribution in [-0.2, 0) is 4.79 Å². The number of rotatable bonds is 7. The third-order valence-corrected chi connectivity index (χ3v) is 2.26. The van der Waals surface area contributed by atoms with Crippen molar-refractivity contribution in [3.8, 4) is 0 Å². The molecule has 1 aromatic heterocycles. The zero-order valence-corrected chi connectivity index (χ0v) is 9.81. The fourth-order valence-electron chi connectivity index (χ4n) is 1.34. The molecule has 0 saturated heterocycles. The normalized spacial score (nSPS) is 10.0. The summed E-state index contributed by atoms with van der Waals surface area (Å²) in [5.41, 5.74) is -0.208. The molecular weight excluding hydrogens is 238 g/mol. The molecule has 18 heavy (non-hydrogen) atoms. The number of aromatic nitrogens is 2. The average Bonchev–Trinajstić information content (AvgIpc) is 2.34. The predicted octanol–water partition coefficient (Wildman–Crippen LogP) is 0.145. The number of H-pyrrole nitrogens is 1. The standard InChI is InChI=1S/C11H15N3O4/c15-9-7-13-8(6-14-9)11(18)12-5-3-1-2-4-10(16)17/h6-7H,1-5H2,(H,12,18)(H,14,15)(H,16,17). The summed E-state index contributed by atoms with van der Waals surface area (Å²) in [6, 6.07) is 0. The summed E-state index contributed by atoms with van der Waals surface area (Å²) in [4.78, 5) is 38.5. The van der Waals surface area contributed by atoms with E-state index in [0.29, 0.717) is 19.4 Å². The number of carboxylic acids is 1. The highest BCUT2D eigenvalue weighted by atomic mass is 16.4. The van der Waals surface area contributed by atoms with Gasteiger partial charge in [0.1, 0.15) is 5.69 Å². The van der Waals surface area contributed by atoms with Crippen molar-refractivity contribution in [3.05, 3.63) is 28.4 Å². The van der Waals surface area contributed by atoms with E-state index in [2.05, 4.69) is 15.3 Å². The van der Waals surface area contributed by atoms with Gasteiger partial charge in [0.25, 0.3) is 11.5 Å². The Morgan fingerprint density at radius 3 is 2.72 bits per heavy atom. The van der Waals surface area contributed by atoms with Gasteiger partial charge in [0.15, 0.2) is 0 Å². The van der Waals surface area contributed by atoms with Gasteiger partial charge in [0, 0.05) is 19.2 Å². The van der Waals surface area contributed by atoms with Crippen molar-refractivity contribution in [2.75, 3.05) is 6.54 Å². The lowest BCUT2D eigenvalue weighted by Crippen LogP contribution is -2.26. The van der Waals surface area contributed by atoms with Crippen LogP contribution < -0.4 is 10.9 Å². The lowest BCUT2D eigenvalue weighted by Gasteiger charge is -2.03. The Morgan fingerprint density at radius 2 is 2.11 bits per heavy atom. The number of unbranched alkanes of at least 4 members (excludes halogenated alkanes) is 2. The van der Waals surface area contributed by atoms with Crippen LogP contribution in [0.25, 0.3) is 0 Å². The molecule has 0 saturated carbocycles. The van der Waals surface area contributed by atoms with Crippen molar-refractivity contribution in [2.24, 2.45) is 0 Å². The Bertz CT molecular complexity index is 449. The van der Waals surface area contributed by atoms with E-state index in [1.165, 1.54) is 6.20 Å². The van der Waals surface area contributed by atoms with Crippen LogP contribution >= 0.6 is 0 Å². The molecule has 7 nitrogen and oxygen atoms in total. The van der Waals surface area contributed by atoms with Crippen LogP contribution in [0.2, 0.25) is 0 Å². The number of carboxylic acid groups (broad SMARTS) is 1. The molecule has 0 aliphatic carbocycles. The molecular formula is C11H15N3O4. The van der Waals surface area contributed by atoms with Crippen LogP contribution in [0.1, 0.15) is 36.2 Å². The number of carbonyl (C=O) groups excluding carboxylic acids is 1. The number of aliphatic carboxylic acids is 1. The first-order valence-electron chi connectivity index (χ1n) is 5.64. The van der Waals surface area contributed by atoms with Crippen molar-refractivity contribution < 1.29 is 14.7 Å². The summed E-state index contributed by atoms with van der Waals surface area (Å²) in [5, 5.41) is 11.1. The average molecular weight is 253 g/mol. The number of aromatic amines is 1. The fourth-order valence-corrected chi connectivity index (χ4v) is 1.34. The summed E-state index contributed by atoms with van der Waals surface area (Å²) in [5.74, 6) is -1.17. The maximum atomic E-state index is 11.5. The third-order valence-electron chi connectivity index (χ3n) is 2.26. The van der Waals surface area contributed by atoms with Gasteiger partial charge in [-0.25, -0.2) is 4.98 Å². The number of hydrogen-bond acceptors (Lipinski definition) is 4. The van der Waals surface area contributed by atoms with Crippen LogP contribution in [0.3, 0.4) is 0 Å². The van der Waals surface area contributed by atoms with Crippen molar-refractivity contribution in [3.63, 3.8) is 0 Å². The molecule has 0 fully saturated rings. The second kappa shape index (κ2) is 7.21. The third kappa shape index (κ3) is 5.24. The molecule has 1 amide bonds. The van der Waals surface area contributed by atoms with Gasteiger partial charge in [-0.2, -0.15) is 0 Å². The van der Waals surface area contributed by atoms with Gasteiger partial charge in [0.05, 0.1) is 6.20 Å². The zero-order valence-electron chi connectivity index (χ0n) is 9.81. The predicted molar refractivity (Wildman–Crippen MR) is 63.3 cm³/mol. The molecule has 0 aromatic carbocycles. The largest absolute Gasteiger partial charge is 0.481 e. The van der Waals surface area contributed by atoms with Gasteiger partial charge in [0.2, 0.25) is 0 Å². The molecule has 98 valence electrons. The van der Waals surface area contributed by atoms with Crippen LogP contribution in [0.5, 0.6) is 0 Å². The second-order valence-electron chi connectivity index (χ2n) is 3.76. The first kappa shape index (κ1) is 13.9. The summed E-state index contributed by atoms with van der Waals surface area (Å²) in [6.45, 7) is 0.458. The lowest BCUT2D eigenvalue weighted by molar-refractivity contribution is -0.137. The molecule has 0 atom stereocenters. The van der Waals surface area contributed by atoms with E-state index in [0.717, 1.165) is 12.6 Å². The Labute approximate surface area is 103 Å². The van der Waals surface area contributed by atoms with Crippen LogP contribution in [0.4, 0.5) is 0 Å². The van der Waals surface area contributed by atoms with Crippen molar-refractivity contribution >= 4 is 11.9 Å². The molecule has 0 spiro atoms. The zero-order chi connectivity index (χ0) is 13.4. The molecule has 3 N–H and O–H groups in total. The van der Waals surface area contributed by atoms with E-state index in [-0.39, 0.29) is 23.6 Å². The maximum Gasteiger partial charge on any atom is 0.303 e. The minimum Gasteiger partial charge on any atom is -0.481 e. The van der Waals surface area contributed by atoms with E-state index in [1.54, 1.807) is 0 Å². The van der Waals surface area contributed by atoms with E-state index in [1.807, 2.05) is 0 Å². The highest BCUT2D eigenvalue weighted by Gasteiger charge is 2.05. The van der Waals surface area contributed by atoms with E-state index >= 15 is 0 Å². The molecule has 1 rings (SSSR count). The van der Waals surface area contributed by atoms with Gasteiger partial charge in [-0.15, -0.1) is 0 Å². The van der Waals surface area contributed by atoms with Gasteiger partial charge in [-0.3, -0.25) is 14.4 Å². The van der Waals surface area contributed by atoms with Crippen molar-refractivity contribution in [1.82, 2.24) is 15.3 Å². The first-order valence-corrected chi connectivity index (χ1v) is 5.64. The Kier molecular flexibility index (Phi) is 5.56. The monoisotopic (exact) mass is 253 g/mol. The van der Waals surface area contributed by atoms with Gasteiger partial charge in [-0.05, 0) is 12.8 Å². The maximum absolute atomic E-state index is 11.5. The minimum atomic E-state index is -0.809. The molecule has 1 heterocycles. The van der Waals surface area contributed by atoms with Crippen molar-refractivity contribution in [1.29, 1.82) is 0 Å². The van der Waals surface area contributed by atoms with E-state index in [9.17, 15) is 14.4 Å². The van der Waals surface area contributed by atoms with E-state index in [4.69, 9.17) is 5.11 Å². The molecule has 0 aliphatic rings. The fraction of sp³-hybridized carbons (Fsp3) is 0.455. The molecule has 1 aromatic rings. The van der Waals surface area contributed by atoms with Crippen LogP contribution in [0.15, 0.2) is 17.2 Å². The lowest BCUT2D eigenvalue weighted by atomic mass is 10.2. The Morgan fingerprint density at radius 1 is 1.33 bits per heavy atom. The van der Waals surface area contributed by atoms with Crippen LogP contribution in [-0.4, -0.2) is 33.5 Å². The number of carbonyl (C=O) groups is 2. The number of nitrogens with one attached hydrogen (secondary N) is 2. The second-order valence-corrected chi connectivity index (χ2v) is 3.76. The quantitative estimate of drug-likeness (QED) is 0.598. The molecule has 0 radical (unpaired) electrons. The highest BCUT2D eigenvalue weighted by Crippen LogP contribution is 1.98. The number of hydrogen-bond donors (Lipinski definition) is 3. The van der Waals surface area contributed by atoms with Crippen molar-refractivity contribution in [2.45, 2.75) is 25.7 Å². The Balaban J connectivity index is 2.19. The topological polar surface area (TPSA) is 112 Å². The number of amides is 1. The molecule has 0 unspecified atom stereocenters. The minimum absolute atomic E-state index is 0.148. The summed E-state index contributed by atoms with van der Waals surface area (Å²) in [6.07, 6.45) is 4.50. The van der Waals surface area contributed by atoms with Gasteiger partial charge in [-0.1, -0.05) is 6.42 Å². The highest BCUT2D eigenvalue weighted by molar-refractivity contribution is 5.91. The number of nitrogens with zero attached hydrogens (tertiary/aromatic N) is 1.